The van der Waals surface area contributed by atoms with E-state index in [1.165, 1.54) is 12.1 Å². The molecule has 0 radical (unpaired) electrons. The molecule has 0 bridgehead atoms. The van der Waals surface area contributed by atoms with Crippen LogP contribution in [0.15, 0.2) is 12.1 Å². The molecule has 0 aromatic heterocycles. The van der Waals surface area contributed by atoms with Crippen molar-refractivity contribution in [1.29, 1.82) is 0 Å². The fourth-order valence-corrected chi connectivity index (χ4v) is 1.94. The SMILES string of the molecule is CN(C)c1c(Cl)cc(C(=O)O)cc1Cl. The summed E-state index contributed by atoms with van der Waals surface area (Å²) < 4.78 is 0. The number of carboxylic acid groups (broad SMARTS) is 1. The molecular formula is C9H9Cl2NO2. The summed E-state index contributed by atoms with van der Waals surface area (Å²) in [6.07, 6.45) is 0. The Bertz CT molecular complexity index is 354. The van der Waals surface area contributed by atoms with Crippen LogP contribution in [0.3, 0.4) is 0 Å². The maximum absolute atomic E-state index is 10.7. The van der Waals surface area contributed by atoms with E-state index >= 15 is 0 Å². The molecule has 0 saturated carbocycles. The average molecular weight is 234 g/mol. The summed E-state index contributed by atoms with van der Waals surface area (Å²) in [5.41, 5.74) is 0.712. The standard InChI is InChI=1S/C9H9Cl2NO2/c1-12(2)8-6(10)3-5(9(13)14)4-7(8)11/h3-4H,1-2H3,(H,13,14). The smallest absolute Gasteiger partial charge is 0.335 e. The highest BCUT2D eigenvalue weighted by Crippen LogP contribution is 2.33. The van der Waals surface area contributed by atoms with E-state index in [1.807, 2.05) is 0 Å². The number of aromatic carboxylic acids is 1. The molecule has 1 N–H and O–H groups in total. The quantitative estimate of drug-likeness (QED) is 0.855. The molecule has 1 rings (SSSR count). The molecule has 0 amide bonds. The molecular weight excluding hydrogens is 225 g/mol. The third-order valence-electron chi connectivity index (χ3n) is 1.71. The van der Waals surface area contributed by atoms with Gasteiger partial charge in [0, 0.05) is 14.1 Å². The maximum Gasteiger partial charge on any atom is 0.335 e. The zero-order valence-electron chi connectivity index (χ0n) is 7.71. The Morgan fingerprint density at radius 2 is 1.71 bits per heavy atom. The molecule has 0 aliphatic rings. The van der Waals surface area contributed by atoms with Gasteiger partial charge in [-0.1, -0.05) is 23.2 Å². The Morgan fingerprint density at radius 3 is 2.00 bits per heavy atom. The molecule has 5 heteroatoms. The zero-order valence-corrected chi connectivity index (χ0v) is 9.23. The van der Waals surface area contributed by atoms with Crippen molar-refractivity contribution in [1.82, 2.24) is 0 Å². The third-order valence-corrected chi connectivity index (χ3v) is 2.29. The number of rotatable bonds is 2. The number of nitrogens with zero attached hydrogens (tertiary/aromatic N) is 1. The minimum atomic E-state index is -1.04. The average Bonchev–Trinajstić information content (AvgIpc) is 2.01. The van der Waals surface area contributed by atoms with Gasteiger partial charge in [-0.05, 0) is 12.1 Å². The molecule has 14 heavy (non-hydrogen) atoms. The minimum absolute atomic E-state index is 0.0885. The molecule has 0 aliphatic carbocycles. The van der Waals surface area contributed by atoms with Crippen LogP contribution in [0, 0.1) is 0 Å². The van der Waals surface area contributed by atoms with Gasteiger partial charge < -0.3 is 10.0 Å². The van der Waals surface area contributed by atoms with Crippen molar-refractivity contribution in [2.24, 2.45) is 0 Å². The van der Waals surface area contributed by atoms with E-state index in [0.29, 0.717) is 15.7 Å². The van der Waals surface area contributed by atoms with Crippen LogP contribution in [-0.2, 0) is 0 Å². The van der Waals surface area contributed by atoms with E-state index in [9.17, 15) is 4.79 Å². The van der Waals surface area contributed by atoms with Crippen molar-refractivity contribution in [3.8, 4) is 0 Å². The van der Waals surface area contributed by atoms with E-state index in [1.54, 1.807) is 19.0 Å². The lowest BCUT2D eigenvalue weighted by molar-refractivity contribution is 0.0697. The fraction of sp³-hybridized carbons (Fsp3) is 0.222. The number of benzene rings is 1. The van der Waals surface area contributed by atoms with Gasteiger partial charge in [-0.3, -0.25) is 0 Å². The lowest BCUT2D eigenvalue weighted by atomic mass is 10.2. The van der Waals surface area contributed by atoms with Gasteiger partial charge >= 0.3 is 5.97 Å². The van der Waals surface area contributed by atoms with Crippen LogP contribution in [0.4, 0.5) is 5.69 Å². The Kier molecular flexibility index (Phi) is 3.24. The summed E-state index contributed by atoms with van der Waals surface area (Å²) in [4.78, 5) is 12.4. The normalized spacial score (nSPS) is 10.0. The van der Waals surface area contributed by atoms with E-state index in [0.717, 1.165) is 0 Å². The Labute approximate surface area is 91.8 Å². The number of carbonyl (C=O) groups is 1. The second kappa shape index (κ2) is 4.07. The van der Waals surface area contributed by atoms with Gasteiger partial charge in [0.15, 0.2) is 0 Å². The van der Waals surface area contributed by atoms with Crippen molar-refractivity contribution in [3.63, 3.8) is 0 Å². The maximum atomic E-state index is 10.7. The molecule has 0 heterocycles. The van der Waals surface area contributed by atoms with Gasteiger partial charge in [0.1, 0.15) is 0 Å². The van der Waals surface area contributed by atoms with Crippen molar-refractivity contribution in [2.75, 3.05) is 19.0 Å². The topological polar surface area (TPSA) is 40.5 Å². The first-order valence-electron chi connectivity index (χ1n) is 3.83. The predicted molar refractivity (Wildman–Crippen MR) is 57.7 cm³/mol. The lowest BCUT2D eigenvalue weighted by Gasteiger charge is -2.16. The fourth-order valence-electron chi connectivity index (χ4n) is 1.12. The molecule has 0 unspecified atom stereocenters. The van der Waals surface area contributed by atoms with Crippen molar-refractivity contribution < 1.29 is 9.90 Å². The van der Waals surface area contributed by atoms with Gasteiger partial charge in [0.05, 0.1) is 21.3 Å². The summed E-state index contributed by atoms with van der Waals surface area (Å²) in [6, 6.07) is 2.76. The Balaban J connectivity index is 3.32. The monoisotopic (exact) mass is 233 g/mol. The summed E-state index contributed by atoms with van der Waals surface area (Å²) in [5.74, 6) is -1.04. The first-order chi connectivity index (χ1) is 6.43. The third kappa shape index (κ3) is 2.11. The summed E-state index contributed by atoms with van der Waals surface area (Å²) >= 11 is 11.8. The number of hydrogen-bond acceptors (Lipinski definition) is 2. The molecule has 1 aromatic carbocycles. The lowest BCUT2D eigenvalue weighted by Crippen LogP contribution is -2.10. The highest BCUT2D eigenvalue weighted by Gasteiger charge is 2.13. The summed E-state index contributed by atoms with van der Waals surface area (Å²) in [6.45, 7) is 0. The van der Waals surface area contributed by atoms with Gasteiger partial charge in [0.25, 0.3) is 0 Å². The first kappa shape index (κ1) is 11.1. The van der Waals surface area contributed by atoms with Gasteiger partial charge in [-0.15, -0.1) is 0 Å². The van der Waals surface area contributed by atoms with Gasteiger partial charge in [0.2, 0.25) is 0 Å². The second-order valence-corrected chi connectivity index (χ2v) is 3.80. The summed E-state index contributed by atoms with van der Waals surface area (Å²) in [5, 5.41) is 9.40. The number of anilines is 1. The van der Waals surface area contributed by atoms with Crippen LogP contribution < -0.4 is 4.90 Å². The van der Waals surface area contributed by atoms with Crippen molar-refractivity contribution in [2.45, 2.75) is 0 Å². The molecule has 0 atom stereocenters. The van der Waals surface area contributed by atoms with Crippen LogP contribution in [0.25, 0.3) is 0 Å². The minimum Gasteiger partial charge on any atom is -0.478 e. The Hall–Kier alpha value is -0.930. The van der Waals surface area contributed by atoms with E-state index < -0.39 is 5.97 Å². The summed E-state index contributed by atoms with van der Waals surface area (Å²) in [7, 11) is 3.57. The van der Waals surface area contributed by atoms with Crippen LogP contribution >= 0.6 is 23.2 Å². The largest absolute Gasteiger partial charge is 0.478 e. The van der Waals surface area contributed by atoms with E-state index in [-0.39, 0.29) is 5.56 Å². The zero-order chi connectivity index (χ0) is 10.9. The number of carboxylic acids is 1. The van der Waals surface area contributed by atoms with Crippen LogP contribution in [0.2, 0.25) is 10.0 Å². The Morgan fingerprint density at radius 1 is 1.29 bits per heavy atom. The van der Waals surface area contributed by atoms with Crippen LogP contribution in [0.5, 0.6) is 0 Å². The molecule has 0 saturated heterocycles. The van der Waals surface area contributed by atoms with Crippen molar-refractivity contribution in [3.05, 3.63) is 27.7 Å². The van der Waals surface area contributed by atoms with Crippen LogP contribution in [-0.4, -0.2) is 25.2 Å². The van der Waals surface area contributed by atoms with E-state index in [2.05, 4.69) is 0 Å². The molecule has 0 spiro atoms. The molecule has 0 aliphatic heterocycles. The number of halogens is 2. The van der Waals surface area contributed by atoms with Gasteiger partial charge in [-0.2, -0.15) is 0 Å². The second-order valence-electron chi connectivity index (χ2n) is 2.99. The van der Waals surface area contributed by atoms with Gasteiger partial charge in [-0.25, -0.2) is 4.79 Å². The number of hydrogen-bond donors (Lipinski definition) is 1. The molecule has 1 aromatic rings. The molecule has 0 fully saturated rings. The predicted octanol–water partition coefficient (Wildman–Crippen LogP) is 2.76. The highest BCUT2D eigenvalue weighted by molar-refractivity contribution is 6.39. The highest BCUT2D eigenvalue weighted by atomic mass is 35.5. The molecule has 76 valence electrons. The molecule has 3 nitrogen and oxygen atoms in total. The first-order valence-corrected chi connectivity index (χ1v) is 4.58. The van der Waals surface area contributed by atoms with Crippen LogP contribution in [0.1, 0.15) is 10.4 Å². The van der Waals surface area contributed by atoms with Crippen molar-refractivity contribution >= 4 is 34.9 Å². The van der Waals surface area contributed by atoms with E-state index in [4.69, 9.17) is 28.3 Å².